The van der Waals surface area contributed by atoms with Crippen molar-refractivity contribution in [2.75, 3.05) is 65.5 Å². The van der Waals surface area contributed by atoms with E-state index in [2.05, 4.69) is 22.0 Å². The van der Waals surface area contributed by atoms with Crippen molar-refractivity contribution in [1.29, 1.82) is 0 Å². The van der Waals surface area contributed by atoms with Crippen molar-refractivity contribution in [3.8, 4) is 5.75 Å². The number of carbonyl (C=O) groups excluding carboxylic acids is 2. The van der Waals surface area contributed by atoms with Crippen LogP contribution in [0, 0.1) is 5.92 Å². The van der Waals surface area contributed by atoms with E-state index in [1.54, 1.807) is 0 Å². The molecule has 31 heavy (non-hydrogen) atoms. The van der Waals surface area contributed by atoms with Crippen LogP contribution in [0.25, 0.3) is 0 Å². The first-order chi connectivity index (χ1) is 15.2. The number of likely N-dealkylation sites (N-methyl/N-ethyl adjacent to an activating group) is 1. The van der Waals surface area contributed by atoms with Gasteiger partial charge in [0.2, 0.25) is 11.8 Å². The van der Waals surface area contributed by atoms with E-state index in [0.29, 0.717) is 26.1 Å². The number of rotatable bonds is 10. The van der Waals surface area contributed by atoms with Crippen molar-refractivity contribution >= 4 is 11.8 Å². The van der Waals surface area contributed by atoms with Gasteiger partial charge in [0.1, 0.15) is 5.75 Å². The van der Waals surface area contributed by atoms with Gasteiger partial charge in [0.05, 0.1) is 13.0 Å². The Labute approximate surface area is 186 Å². The molecular weight excluding hydrogens is 392 g/mol. The van der Waals surface area contributed by atoms with E-state index in [4.69, 9.17) is 4.74 Å². The Bertz CT molecular complexity index is 669. The van der Waals surface area contributed by atoms with E-state index in [1.807, 2.05) is 35.2 Å². The number of nitrogens with one attached hydrogen (secondary N) is 1. The van der Waals surface area contributed by atoms with Crippen LogP contribution in [0.4, 0.5) is 0 Å². The molecule has 7 nitrogen and oxygen atoms in total. The summed E-state index contributed by atoms with van der Waals surface area (Å²) in [6.07, 6.45) is 2.86. The maximum Gasteiger partial charge on any atom is 0.225 e. The fraction of sp³-hybridized carbons (Fsp3) is 0.667. The SMILES string of the molecule is CCN1CCN(CCCNC(=O)C2CCN(C(=O)CCOc3ccccc3)CC2)CC1. The highest BCUT2D eigenvalue weighted by Crippen LogP contribution is 2.18. The quantitative estimate of drug-likeness (QED) is 0.574. The van der Waals surface area contributed by atoms with Gasteiger partial charge in [-0.1, -0.05) is 25.1 Å². The fourth-order valence-electron chi connectivity index (χ4n) is 4.31. The van der Waals surface area contributed by atoms with Gasteiger partial charge >= 0.3 is 0 Å². The summed E-state index contributed by atoms with van der Waals surface area (Å²) >= 11 is 0. The first-order valence-electron chi connectivity index (χ1n) is 11.8. The third-order valence-corrected chi connectivity index (χ3v) is 6.41. The number of piperazine rings is 1. The lowest BCUT2D eigenvalue weighted by atomic mass is 9.95. The first-order valence-corrected chi connectivity index (χ1v) is 11.8. The Kier molecular flexibility index (Phi) is 9.62. The summed E-state index contributed by atoms with van der Waals surface area (Å²) in [7, 11) is 0. The molecule has 0 aliphatic carbocycles. The van der Waals surface area contributed by atoms with Crippen molar-refractivity contribution in [1.82, 2.24) is 20.0 Å². The summed E-state index contributed by atoms with van der Waals surface area (Å²) in [4.78, 5) is 31.7. The van der Waals surface area contributed by atoms with Crippen LogP contribution in [0.5, 0.6) is 5.75 Å². The fourth-order valence-corrected chi connectivity index (χ4v) is 4.31. The molecule has 0 unspecified atom stereocenters. The van der Waals surface area contributed by atoms with Crippen LogP contribution in [0.15, 0.2) is 30.3 Å². The maximum atomic E-state index is 12.5. The molecule has 7 heteroatoms. The summed E-state index contributed by atoms with van der Waals surface area (Å²) in [5.74, 6) is 1.07. The third kappa shape index (κ3) is 7.82. The Hall–Kier alpha value is -2.12. The lowest BCUT2D eigenvalue weighted by Gasteiger charge is -2.34. The van der Waals surface area contributed by atoms with E-state index < -0.39 is 0 Å². The molecule has 0 radical (unpaired) electrons. The van der Waals surface area contributed by atoms with Gasteiger partial charge in [-0.25, -0.2) is 0 Å². The molecule has 0 aromatic heterocycles. The van der Waals surface area contributed by atoms with Crippen LogP contribution in [0.2, 0.25) is 0 Å². The van der Waals surface area contributed by atoms with E-state index in [-0.39, 0.29) is 17.7 Å². The third-order valence-electron chi connectivity index (χ3n) is 6.41. The number of para-hydroxylation sites is 1. The number of likely N-dealkylation sites (tertiary alicyclic amines) is 1. The highest BCUT2D eigenvalue weighted by atomic mass is 16.5. The van der Waals surface area contributed by atoms with E-state index in [1.165, 1.54) is 0 Å². The molecular formula is C24H38N4O3. The Morgan fingerprint density at radius 2 is 1.68 bits per heavy atom. The molecule has 2 amide bonds. The Morgan fingerprint density at radius 1 is 1.00 bits per heavy atom. The van der Waals surface area contributed by atoms with Gasteiger partial charge < -0.3 is 24.8 Å². The number of ether oxygens (including phenoxy) is 1. The predicted octanol–water partition coefficient (Wildman–Crippen LogP) is 1.84. The summed E-state index contributed by atoms with van der Waals surface area (Å²) in [6, 6.07) is 9.55. The molecule has 0 atom stereocenters. The number of carbonyl (C=O) groups is 2. The second-order valence-corrected chi connectivity index (χ2v) is 8.49. The minimum absolute atomic E-state index is 0.0257. The monoisotopic (exact) mass is 430 g/mol. The van der Waals surface area contributed by atoms with Gasteiger partial charge in [0.25, 0.3) is 0 Å². The summed E-state index contributed by atoms with van der Waals surface area (Å²) in [5.41, 5.74) is 0. The number of nitrogens with zero attached hydrogens (tertiary/aromatic N) is 3. The highest BCUT2D eigenvalue weighted by Gasteiger charge is 2.27. The highest BCUT2D eigenvalue weighted by molar-refractivity contribution is 5.80. The van der Waals surface area contributed by atoms with E-state index in [0.717, 1.165) is 70.8 Å². The minimum atomic E-state index is 0.0257. The molecule has 2 aliphatic heterocycles. The van der Waals surface area contributed by atoms with Gasteiger partial charge in [-0.05, 0) is 44.5 Å². The zero-order chi connectivity index (χ0) is 21.9. The molecule has 0 spiro atoms. The van der Waals surface area contributed by atoms with Gasteiger partial charge in [-0.2, -0.15) is 0 Å². The zero-order valence-electron chi connectivity index (χ0n) is 18.9. The van der Waals surface area contributed by atoms with Crippen molar-refractivity contribution in [2.45, 2.75) is 32.6 Å². The van der Waals surface area contributed by atoms with Crippen molar-refractivity contribution < 1.29 is 14.3 Å². The molecule has 2 saturated heterocycles. The molecule has 2 heterocycles. The number of amides is 2. The molecule has 1 N–H and O–H groups in total. The number of piperidine rings is 1. The summed E-state index contributed by atoms with van der Waals surface area (Å²) < 4.78 is 5.62. The van der Waals surface area contributed by atoms with E-state index >= 15 is 0 Å². The van der Waals surface area contributed by atoms with Gasteiger partial charge in [-0.15, -0.1) is 0 Å². The van der Waals surface area contributed by atoms with Crippen LogP contribution in [-0.2, 0) is 9.59 Å². The standard InChI is InChI=1S/C24H38N4O3/c1-2-26-16-18-27(19-17-26)13-6-12-25-24(30)21-9-14-28(15-10-21)23(29)11-20-31-22-7-4-3-5-8-22/h3-5,7-8,21H,2,6,9-20H2,1H3,(H,25,30). The molecule has 172 valence electrons. The van der Waals surface area contributed by atoms with Gasteiger partial charge in [0, 0.05) is 51.7 Å². The second kappa shape index (κ2) is 12.7. The molecule has 2 fully saturated rings. The number of benzene rings is 1. The van der Waals surface area contributed by atoms with Crippen LogP contribution in [0.3, 0.4) is 0 Å². The topological polar surface area (TPSA) is 65.1 Å². The largest absolute Gasteiger partial charge is 0.493 e. The molecule has 0 saturated carbocycles. The number of hydrogen-bond acceptors (Lipinski definition) is 5. The normalized spacial score (nSPS) is 18.7. The van der Waals surface area contributed by atoms with Gasteiger partial charge in [0.15, 0.2) is 0 Å². The van der Waals surface area contributed by atoms with E-state index in [9.17, 15) is 9.59 Å². The molecule has 0 bridgehead atoms. The van der Waals surface area contributed by atoms with Crippen LogP contribution < -0.4 is 10.1 Å². The van der Waals surface area contributed by atoms with Gasteiger partial charge in [-0.3, -0.25) is 9.59 Å². The predicted molar refractivity (Wildman–Crippen MR) is 122 cm³/mol. The number of hydrogen-bond donors (Lipinski definition) is 1. The lowest BCUT2D eigenvalue weighted by molar-refractivity contribution is -0.136. The average molecular weight is 431 g/mol. The van der Waals surface area contributed by atoms with Crippen LogP contribution >= 0.6 is 0 Å². The van der Waals surface area contributed by atoms with Crippen molar-refractivity contribution in [2.24, 2.45) is 5.92 Å². The van der Waals surface area contributed by atoms with Crippen molar-refractivity contribution in [3.05, 3.63) is 30.3 Å². The van der Waals surface area contributed by atoms with Crippen LogP contribution in [0.1, 0.15) is 32.6 Å². The smallest absolute Gasteiger partial charge is 0.225 e. The zero-order valence-corrected chi connectivity index (χ0v) is 18.9. The summed E-state index contributed by atoms with van der Waals surface area (Å²) in [5, 5.41) is 3.11. The minimum Gasteiger partial charge on any atom is -0.493 e. The molecule has 1 aromatic rings. The van der Waals surface area contributed by atoms with Crippen LogP contribution in [-0.4, -0.2) is 92.0 Å². The summed E-state index contributed by atoms with van der Waals surface area (Å²) in [6.45, 7) is 11.4. The lowest BCUT2D eigenvalue weighted by Crippen LogP contribution is -2.47. The Balaban J connectivity index is 1.24. The van der Waals surface area contributed by atoms with Crippen molar-refractivity contribution in [3.63, 3.8) is 0 Å². The average Bonchev–Trinajstić information content (AvgIpc) is 2.83. The second-order valence-electron chi connectivity index (χ2n) is 8.49. The molecule has 1 aromatic carbocycles. The first kappa shape index (κ1) is 23.5. The maximum absolute atomic E-state index is 12.5. The molecule has 2 aliphatic rings. The molecule has 3 rings (SSSR count). The Morgan fingerprint density at radius 3 is 2.35 bits per heavy atom.